The molecule has 2 N–H and O–H groups in total. The molecule has 0 fully saturated rings. The first-order valence-corrected chi connectivity index (χ1v) is 11.3. The van der Waals surface area contributed by atoms with Crippen LogP contribution in [0.2, 0.25) is 0 Å². The Labute approximate surface area is 197 Å². The Balaban J connectivity index is 1.37. The van der Waals surface area contributed by atoms with E-state index in [-0.39, 0.29) is 24.9 Å². The number of aryl methyl sites for hydroxylation is 1. The predicted molar refractivity (Wildman–Crippen MR) is 128 cm³/mol. The molecule has 7 heteroatoms. The number of aromatic nitrogens is 2. The second kappa shape index (κ2) is 9.89. The molecule has 1 aliphatic carbocycles. The van der Waals surface area contributed by atoms with E-state index in [0.717, 1.165) is 46.5 Å². The first kappa shape index (κ1) is 21.9. The summed E-state index contributed by atoms with van der Waals surface area (Å²) in [7, 11) is 0. The minimum atomic E-state index is -0.304. The molecule has 5 rings (SSSR count). The summed E-state index contributed by atoms with van der Waals surface area (Å²) in [4.78, 5) is 33.0. The van der Waals surface area contributed by atoms with E-state index in [9.17, 15) is 9.59 Å². The maximum absolute atomic E-state index is 12.8. The molecule has 7 nitrogen and oxygen atoms in total. The minimum absolute atomic E-state index is 0.114. The average Bonchev–Trinajstić information content (AvgIpc) is 3.49. The monoisotopic (exact) mass is 455 g/mol. The van der Waals surface area contributed by atoms with Crippen molar-refractivity contribution >= 4 is 17.5 Å². The summed E-state index contributed by atoms with van der Waals surface area (Å²) >= 11 is 0. The fourth-order valence-corrected chi connectivity index (χ4v) is 4.37. The third-order valence-corrected chi connectivity index (χ3v) is 5.89. The standard InChI is InChI=1S/C27H25N3O4/c31-23-10-4-9-22-26(23)21(14-18-6-2-1-3-7-18)27(29-22)19-11-12-28-24(15-19)30-25(32)17-33-16-20-8-5-13-34-20/h1-3,5-8,11-13,15,29H,4,9-10,14,16-17H2,(H,28,30,32). The van der Waals surface area contributed by atoms with Gasteiger partial charge in [0.2, 0.25) is 0 Å². The Morgan fingerprint density at radius 3 is 2.82 bits per heavy atom. The number of ketones is 1. The number of amides is 1. The van der Waals surface area contributed by atoms with Crippen LogP contribution in [-0.2, 0) is 29.0 Å². The highest BCUT2D eigenvalue weighted by Crippen LogP contribution is 2.35. The Morgan fingerprint density at radius 2 is 2.00 bits per heavy atom. The van der Waals surface area contributed by atoms with Crippen molar-refractivity contribution in [3.63, 3.8) is 0 Å². The lowest BCUT2D eigenvalue weighted by Crippen LogP contribution is -2.18. The van der Waals surface area contributed by atoms with Gasteiger partial charge in [-0.05, 0) is 48.2 Å². The molecule has 0 spiro atoms. The maximum Gasteiger partial charge on any atom is 0.251 e. The number of H-pyrrole nitrogens is 1. The van der Waals surface area contributed by atoms with Gasteiger partial charge >= 0.3 is 0 Å². The van der Waals surface area contributed by atoms with Gasteiger partial charge in [-0.2, -0.15) is 0 Å². The van der Waals surface area contributed by atoms with Crippen LogP contribution in [0.5, 0.6) is 0 Å². The number of nitrogens with one attached hydrogen (secondary N) is 2. The molecule has 0 atom stereocenters. The van der Waals surface area contributed by atoms with Gasteiger partial charge in [0, 0.05) is 35.9 Å². The highest BCUT2D eigenvalue weighted by Gasteiger charge is 2.26. The predicted octanol–water partition coefficient (Wildman–Crippen LogP) is 4.93. The molecule has 4 aromatic rings. The van der Waals surface area contributed by atoms with Crippen LogP contribution < -0.4 is 5.32 Å². The summed E-state index contributed by atoms with van der Waals surface area (Å²) in [6.07, 6.45) is 6.14. The Hall–Kier alpha value is -3.97. The molecule has 1 amide bonds. The van der Waals surface area contributed by atoms with Crippen molar-refractivity contribution in [2.75, 3.05) is 11.9 Å². The second-order valence-corrected chi connectivity index (χ2v) is 8.32. The van der Waals surface area contributed by atoms with Gasteiger partial charge in [-0.3, -0.25) is 9.59 Å². The van der Waals surface area contributed by atoms with Crippen LogP contribution in [0, 0.1) is 0 Å². The van der Waals surface area contributed by atoms with Crippen molar-refractivity contribution in [1.29, 1.82) is 0 Å². The van der Waals surface area contributed by atoms with Crippen LogP contribution in [0.1, 0.15) is 45.8 Å². The number of ether oxygens (including phenoxy) is 1. The molecule has 0 saturated carbocycles. The van der Waals surface area contributed by atoms with Gasteiger partial charge in [0.1, 0.15) is 24.8 Å². The lowest BCUT2D eigenvalue weighted by molar-refractivity contribution is -0.121. The molecule has 1 aliphatic rings. The molecule has 0 unspecified atom stereocenters. The van der Waals surface area contributed by atoms with Crippen molar-refractivity contribution < 1.29 is 18.7 Å². The molecule has 172 valence electrons. The molecule has 0 aliphatic heterocycles. The van der Waals surface area contributed by atoms with Crippen LogP contribution in [0.4, 0.5) is 5.82 Å². The van der Waals surface area contributed by atoms with Crippen LogP contribution in [0.25, 0.3) is 11.3 Å². The third-order valence-electron chi connectivity index (χ3n) is 5.89. The number of aromatic amines is 1. The lowest BCUT2D eigenvalue weighted by atomic mass is 9.90. The zero-order valence-corrected chi connectivity index (χ0v) is 18.7. The molecular formula is C27H25N3O4. The fourth-order valence-electron chi connectivity index (χ4n) is 4.37. The summed E-state index contributed by atoms with van der Waals surface area (Å²) in [5.41, 5.74) is 5.71. The molecule has 3 aromatic heterocycles. The number of hydrogen-bond acceptors (Lipinski definition) is 5. The fraction of sp³-hybridized carbons (Fsp3) is 0.222. The van der Waals surface area contributed by atoms with Gasteiger partial charge < -0.3 is 19.5 Å². The minimum Gasteiger partial charge on any atom is -0.467 e. The second-order valence-electron chi connectivity index (χ2n) is 8.32. The largest absolute Gasteiger partial charge is 0.467 e. The van der Waals surface area contributed by atoms with Gasteiger partial charge in [-0.15, -0.1) is 0 Å². The molecular weight excluding hydrogens is 430 g/mol. The molecule has 34 heavy (non-hydrogen) atoms. The lowest BCUT2D eigenvalue weighted by Gasteiger charge is -2.12. The van der Waals surface area contributed by atoms with Crippen molar-refractivity contribution in [3.8, 4) is 11.3 Å². The number of furan rings is 1. The Bertz CT molecular complexity index is 1290. The number of fused-ring (bicyclic) bond motifs is 1. The molecule has 1 aromatic carbocycles. The number of anilines is 1. The van der Waals surface area contributed by atoms with Gasteiger partial charge in [0.15, 0.2) is 5.78 Å². The summed E-state index contributed by atoms with van der Waals surface area (Å²) in [5, 5.41) is 2.79. The van der Waals surface area contributed by atoms with Gasteiger partial charge in [-0.1, -0.05) is 30.3 Å². The zero-order valence-electron chi connectivity index (χ0n) is 18.7. The number of hydrogen-bond donors (Lipinski definition) is 2. The topological polar surface area (TPSA) is 97.2 Å². The van der Waals surface area contributed by atoms with Crippen molar-refractivity contribution in [2.45, 2.75) is 32.3 Å². The third kappa shape index (κ3) is 4.84. The van der Waals surface area contributed by atoms with E-state index < -0.39 is 0 Å². The van der Waals surface area contributed by atoms with Crippen molar-refractivity contribution in [2.24, 2.45) is 0 Å². The first-order chi connectivity index (χ1) is 16.7. The van der Waals surface area contributed by atoms with Crippen molar-refractivity contribution in [3.05, 3.63) is 95.2 Å². The van der Waals surface area contributed by atoms with E-state index in [2.05, 4.69) is 27.4 Å². The van der Waals surface area contributed by atoms with E-state index in [0.29, 0.717) is 24.4 Å². The van der Waals surface area contributed by atoms with Gasteiger partial charge in [0.25, 0.3) is 5.91 Å². The smallest absolute Gasteiger partial charge is 0.251 e. The highest BCUT2D eigenvalue weighted by molar-refractivity contribution is 6.01. The summed E-state index contributed by atoms with van der Waals surface area (Å²) in [6.45, 7) is 0.107. The number of carbonyl (C=O) groups excluding carboxylic acids is 2. The van der Waals surface area contributed by atoms with E-state index in [4.69, 9.17) is 9.15 Å². The number of pyridine rings is 1. The van der Waals surface area contributed by atoms with Gasteiger partial charge in [-0.25, -0.2) is 4.98 Å². The van der Waals surface area contributed by atoms with E-state index >= 15 is 0 Å². The van der Waals surface area contributed by atoms with Crippen LogP contribution in [-0.4, -0.2) is 28.3 Å². The Kier molecular flexibility index (Phi) is 6.35. The SMILES string of the molecule is O=C(COCc1ccco1)Nc1cc(-c2[nH]c3c(c2Cc2ccccc2)C(=O)CCC3)ccn1. The van der Waals surface area contributed by atoms with Gasteiger partial charge in [0.05, 0.1) is 12.0 Å². The summed E-state index contributed by atoms with van der Waals surface area (Å²) < 4.78 is 10.6. The first-order valence-electron chi connectivity index (χ1n) is 11.3. The van der Waals surface area contributed by atoms with Crippen molar-refractivity contribution in [1.82, 2.24) is 9.97 Å². The zero-order chi connectivity index (χ0) is 23.3. The number of rotatable bonds is 8. The number of carbonyl (C=O) groups is 2. The highest BCUT2D eigenvalue weighted by atomic mass is 16.5. The van der Waals surface area contributed by atoms with E-state index in [1.54, 1.807) is 24.6 Å². The molecule has 0 bridgehead atoms. The van der Waals surface area contributed by atoms with E-state index in [1.807, 2.05) is 30.3 Å². The normalized spacial score (nSPS) is 13.0. The summed E-state index contributed by atoms with van der Waals surface area (Å²) in [6, 6.07) is 17.4. The molecule has 3 heterocycles. The van der Waals surface area contributed by atoms with E-state index in [1.165, 1.54) is 0 Å². The quantitative estimate of drug-likeness (QED) is 0.392. The molecule has 0 saturated heterocycles. The molecule has 0 radical (unpaired) electrons. The average molecular weight is 456 g/mol. The van der Waals surface area contributed by atoms with Crippen LogP contribution in [0.15, 0.2) is 71.5 Å². The number of benzene rings is 1. The maximum atomic E-state index is 12.8. The summed E-state index contributed by atoms with van der Waals surface area (Å²) in [5.74, 6) is 0.963. The van der Waals surface area contributed by atoms with Crippen LogP contribution in [0.3, 0.4) is 0 Å². The number of Topliss-reactive ketones (excluding diaryl/α,β-unsaturated/α-hetero) is 1. The number of nitrogens with zero attached hydrogens (tertiary/aromatic N) is 1. The van der Waals surface area contributed by atoms with Crippen LogP contribution >= 0.6 is 0 Å². The Morgan fingerprint density at radius 1 is 1.12 bits per heavy atom.